The summed E-state index contributed by atoms with van der Waals surface area (Å²) in [5, 5.41) is 3.71. The van der Waals surface area contributed by atoms with Crippen LogP contribution in [0.5, 0.6) is 0 Å². The Morgan fingerprint density at radius 3 is 2.58 bits per heavy atom. The first-order valence-electron chi connectivity index (χ1n) is 10.7. The van der Waals surface area contributed by atoms with Gasteiger partial charge in [0.2, 0.25) is 0 Å². The molecule has 26 heavy (non-hydrogen) atoms. The summed E-state index contributed by atoms with van der Waals surface area (Å²) in [5.74, 6) is 0.809. The molecular weight excluding hydrogens is 314 g/mol. The highest BCUT2D eigenvalue weighted by atomic mass is 14.9. The van der Waals surface area contributed by atoms with Crippen molar-refractivity contribution in [3.63, 3.8) is 0 Å². The molecule has 0 spiro atoms. The molecule has 1 aromatic rings. The largest absolute Gasteiger partial charge is 0.310 e. The molecule has 0 heterocycles. The van der Waals surface area contributed by atoms with Gasteiger partial charge in [-0.15, -0.1) is 0 Å². The van der Waals surface area contributed by atoms with E-state index in [-0.39, 0.29) is 0 Å². The summed E-state index contributed by atoms with van der Waals surface area (Å²) in [4.78, 5) is 0. The molecule has 1 aromatic carbocycles. The molecule has 1 atom stereocenters. The van der Waals surface area contributed by atoms with Crippen LogP contribution in [0.3, 0.4) is 0 Å². The van der Waals surface area contributed by atoms with Crippen molar-refractivity contribution >= 4 is 0 Å². The van der Waals surface area contributed by atoms with E-state index in [0.29, 0.717) is 6.04 Å². The summed E-state index contributed by atoms with van der Waals surface area (Å²) in [7, 11) is 0. The minimum Gasteiger partial charge on any atom is -0.310 e. The molecule has 0 aliphatic heterocycles. The zero-order valence-corrected chi connectivity index (χ0v) is 17.9. The maximum Gasteiger partial charge on any atom is 0.0210 e. The predicted octanol–water partition coefficient (Wildman–Crippen LogP) is 7.14. The minimum absolute atomic E-state index is 0.508. The third-order valence-electron chi connectivity index (χ3n) is 5.44. The lowest BCUT2D eigenvalue weighted by molar-refractivity contribution is 0.489. The number of hydrogen-bond donors (Lipinski definition) is 1. The number of hydrogen-bond acceptors (Lipinski definition) is 1. The number of nitrogens with one attached hydrogen (secondary N) is 1. The Labute approximate surface area is 163 Å². The van der Waals surface area contributed by atoms with Crippen molar-refractivity contribution in [2.45, 2.75) is 92.2 Å². The summed E-state index contributed by atoms with van der Waals surface area (Å²) in [6.07, 6.45) is 12.8. The van der Waals surface area contributed by atoms with Gasteiger partial charge in [0, 0.05) is 12.6 Å². The summed E-state index contributed by atoms with van der Waals surface area (Å²) < 4.78 is 0. The molecular formula is C25H41N. The first kappa shape index (κ1) is 22.7. The highest BCUT2D eigenvalue weighted by molar-refractivity contribution is 5.31. The van der Waals surface area contributed by atoms with Crippen LogP contribution >= 0.6 is 0 Å². The van der Waals surface area contributed by atoms with Gasteiger partial charge in [0.05, 0.1) is 0 Å². The first-order valence-corrected chi connectivity index (χ1v) is 10.7. The van der Waals surface area contributed by atoms with Gasteiger partial charge in [-0.1, -0.05) is 82.5 Å². The van der Waals surface area contributed by atoms with Crippen LogP contribution < -0.4 is 5.32 Å². The van der Waals surface area contributed by atoms with Crippen LogP contribution in [0.4, 0.5) is 0 Å². The highest BCUT2D eigenvalue weighted by Gasteiger charge is 2.08. The van der Waals surface area contributed by atoms with E-state index < -0.39 is 0 Å². The lowest BCUT2D eigenvalue weighted by Gasteiger charge is -2.17. The van der Waals surface area contributed by atoms with Crippen molar-refractivity contribution in [3.05, 3.63) is 59.2 Å². The van der Waals surface area contributed by atoms with Crippen molar-refractivity contribution in [3.8, 4) is 0 Å². The van der Waals surface area contributed by atoms with Crippen molar-refractivity contribution in [2.24, 2.45) is 5.92 Å². The normalized spacial score (nSPS) is 12.8. The van der Waals surface area contributed by atoms with Crippen LogP contribution in [-0.4, -0.2) is 6.04 Å². The molecule has 1 heteroatoms. The van der Waals surface area contributed by atoms with Gasteiger partial charge >= 0.3 is 0 Å². The quantitative estimate of drug-likeness (QED) is 0.371. The Hall–Kier alpha value is -1.34. The Kier molecular flexibility index (Phi) is 11.3. The lowest BCUT2D eigenvalue weighted by atomic mass is 9.92. The molecule has 0 saturated heterocycles. The molecule has 0 amide bonds. The van der Waals surface area contributed by atoms with Gasteiger partial charge in [-0.25, -0.2) is 0 Å². The molecule has 0 aromatic heterocycles. The molecule has 1 unspecified atom stereocenters. The summed E-state index contributed by atoms with van der Waals surface area (Å²) in [5.41, 5.74) is 5.57. The highest BCUT2D eigenvalue weighted by Crippen LogP contribution is 2.19. The zero-order chi connectivity index (χ0) is 19.4. The molecule has 1 nitrogen and oxygen atoms in total. The van der Waals surface area contributed by atoms with E-state index in [1.165, 1.54) is 47.9 Å². The van der Waals surface area contributed by atoms with E-state index in [2.05, 4.69) is 76.9 Å². The molecule has 1 N–H and O–H groups in total. The van der Waals surface area contributed by atoms with Gasteiger partial charge < -0.3 is 5.32 Å². The smallest absolute Gasteiger partial charge is 0.0210 e. The van der Waals surface area contributed by atoms with Crippen LogP contribution in [0.25, 0.3) is 0 Å². The van der Waals surface area contributed by atoms with E-state index in [1.807, 2.05) is 0 Å². The first-order chi connectivity index (χ1) is 12.5. The van der Waals surface area contributed by atoms with Crippen LogP contribution in [0.2, 0.25) is 0 Å². The van der Waals surface area contributed by atoms with Crippen molar-refractivity contribution in [1.29, 1.82) is 0 Å². The fourth-order valence-corrected chi connectivity index (χ4v) is 3.24. The van der Waals surface area contributed by atoms with Crippen molar-refractivity contribution in [1.82, 2.24) is 5.32 Å². The minimum atomic E-state index is 0.508. The fourth-order valence-electron chi connectivity index (χ4n) is 3.24. The molecule has 0 bridgehead atoms. The predicted molar refractivity (Wildman–Crippen MR) is 118 cm³/mol. The average Bonchev–Trinajstić information content (AvgIpc) is 2.64. The van der Waals surface area contributed by atoms with Gasteiger partial charge in [0.25, 0.3) is 0 Å². The van der Waals surface area contributed by atoms with Crippen LogP contribution in [0.15, 0.2) is 42.5 Å². The van der Waals surface area contributed by atoms with Crippen molar-refractivity contribution in [2.75, 3.05) is 0 Å². The zero-order valence-electron chi connectivity index (χ0n) is 17.9. The van der Waals surface area contributed by atoms with Gasteiger partial charge in [0.1, 0.15) is 0 Å². The van der Waals surface area contributed by atoms with E-state index in [0.717, 1.165) is 31.7 Å². The van der Waals surface area contributed by atoms with E-state index in [9.17, 15) is 0 Å². The van der Waals surface area contributed by atoms with E-state index in [1.54, 1.807) is 0 Å². The lowest BCUT2D eigenvalue weighted by Crippen LogP contribution is -2.25. The summed E-state index contributed by atoms with van der Waals surface area (Å²) in [6, 6.07) is 7.53. The average molecular weight is 356 g/mol. The number of allylic oxidation sites excluding steroid dienone is 3. The molecule has 0 aliphatic carbocycles. The Morgan fingerprint density at radius 2 is 1.92 bits per heavy atom. The molecule has 0 saturated carbocycles. The monoisotopic (exact) mass is 355 g/mol. The molecule has 0 fully saturated rings. The second-order valence-corrected chi connectivity index (χ2v) is 7.82. The third-order valence-corrected chi connectivity index (χ3v) is 5.44. The molecule has 0 aliphatic rings. The maximum atomic E-state index is 4.17. The Morgan fingerprint density at radius 1 is 1.19 bits per heavy atom. The topological polar surface area (TPSA) is 12.0 Å². The maximum absolute atomic E-state index is 4.17. The van der Waals surface area contributed by atoms with Gasteiger partial charge in [-0.3, -0.25) is 0 Å². The summed E-state index contributed by atoms with van der Waals surface area (Å²) >= 11 is 0. The fraction of sp³-hybridized carbons (Fsp3) is 0.600. The Bertz CT molecular complexity index is 551. The molecule has 0 radical (unpaired) electrons. The van der Waals surface area contributed by atoms with Gasteiger partial charge in [0.15, 0.2) is 0 Å². The van der Waals surface area contributed by atoms with Crippen molar-refractivity contribution < 1.29 is 0 Å². The van der Waals surface area contributed by atoms with E-state index in [4.69, 9.17) is 0 Å². The van der Waals surface area contributed by atoms with Crippen LogP contribution in [0.1, 0.15) is 82.9 Å². The molecule has 146 valence electrons. The van der Waals surface area contributed by atoms with E-state index >= 15 is 0 Å². The third kappa shape index (κ3) is 8.85. The number of rotatable bonds is 13. The number of benzene rings is 1. The number of unbranched alkanes of at least 4 members (excludes halogenated alkanes) is 1. The summed E-state index contributed by atoms with van der Waals surface area (Å²) in [6.45, 7) is 16.5. The van der Waals surface area contributed by atoms with Crippen LogP contribution in [0, 0.1) is 12.8 Å². The molecule has 1 rings (SSSR count). The van der Waals surface area contributed by atoms with Gasteiger partial charge in [-0.05, 0) is 62.1 Å². The second kappa shape index (κ2) is 12.9. The Balaban J connectivity index is 2.49. The second-order valence-electron chi connectivity index (χ2n) is 7.82. The number of aryl methyl sites for hydroxylation is 1. The SMILES string of the molecule is C=C(/C=C\CCC)CCC(C)NCc1cc(CC(CC)CC)ccc1C. The van der Waals surface area contributed by atoms with Gasteiger partial charge in [-0.2, -0.15) is 0 Å². The standard InChI is InChI=1S/C25H41N/c1-7-10-11-12-20(4)13-15-22(6)26-19-25-18-24(16-14-21(25)5)17-23(8-2)9-3/h11-12,14,16,18,22-23,26H,4,7-10,13,15,17,19H2,1-3,5-6H3/b12-11-. The van der Waals surface area contributed by atoms with Crippen LogP contribution in [-0.2, 0) is 13.0 Å².